The Kier molecular flexibility index (Phi) is 1.84. The molecule has 3 heteroatoms. The van der Waals surface area contributed by atoms with Crippen LogP contribution >= 0.6 is 0 Å². The molecule has 3 atom stereocenters. The molecule has 82 valence electrons. The fraction of sp³-hybridized carbons (Fsp3) is 1.00. The van der Waals surface area contributed by atoms with Crippen molar-refractivity contribution < 1.29 is 8.78 Å². The van der Waals surface area contributed by atoms with E-state index >= 15 is 0 Å². The highest BCUT2D eigenvalue weighted by Crippen LogP contribution is 2.64. The first-order valence-corrected chi connectivity index (χ1v) is 5.31. The zero-order valence-corrected chi connectivity index (χ0v) is 9.11. The Labute approximate surface area is 84.0 Å². The molecule has 3 unspecified atom stereocenters. The summed E-state index contributed by atoms with van der Waals surface area (Å²) >= 11 is 0. The summed E-state index contributed by atoms with van der Waals surface area (Å²) in [4.78, 5) is 0. The molecule has 2 rings (SSSR count). The predicted octanol–water partition coefficient (Wildman–Crippen LogP) is 2.80. The van der Waals surface area contributed by atoms with Crippen molar-refractivity contribution in [3.63, 3.8) is 0 Å². The van der Waals surface area contributed by atoms with Crippen molar-refractivity contribution in [2.24, 2.45) is 22.5 Å². The Morgan fingerprint density at radius 2 is 1.79 bits per heavy atom. The lowest BCUT2D eigenvalue weighted by Gasteiger charge is -2.18. The molecule has 0 heterocycles. The molecule has 0 saturated heterocycles. The van der Waals surface area contributed by atoms with E-state index in [-0.39, 0.29) is 12.5 Å². The molecule has 0 aliphatic heterocycles. The topological polar surface area (TPSA) is 26.0 Å². The molecule has 0 radical (unpaired) electrons. The second kappa shape index (κ2) is 2.49. The van der Waals surface area contributed by atoms with Gasteiger partial charge in [-0.2, -0.15) is 0 Å². The number of hydrogen-bond acceptors (Lipinski definition) is 1. The van der Waals surface area contributed by atoms with Gasteiger partial charge in [0.15, 0.2) is 0 Å². The second-order valence-electron chi connectivity index (χ2n) is 6.11. The largest absolute Gasteiger partial charge is 0.327 e. The normalized spacial score (nSPS) is 44.6. The van der Waals surface area contributed by atoms with Gasteiger partial charge in [-0.3, -0.25) is 0 Å². The maximum Gasteiger partial charge on any atom is 0.254 e. The van der Waals surface area contributed by atoms with E-state index in [4.69, 9.17) is 5.73 Å². The van der Waals surface area contributed by atoms with Crippen LogP contribution in [-0.2, 0) is 0 Å². The first-order valence-electron chi connectivity index (χ1n) is 5.31. The lowest BCUT2D eigenvalue weighted by molar-refractivity contribution is 0.0630. The average molecular weight is 203 g/mol. The van der Waals surface area contributed by atoms with Gasteiger partial charge in [-0.25, -0.2) is 8.78 Å². The summed E-state index contributed by atoms with van der Waals surface area (Å²) in [5.74, 6) is -2.00. The first-order chi connectivity index (χ1) is 6.18. The molecule has 14 heavy (non-hydrogen) atoms. The fourth-order valence-corrected chi connectivity index (χ4v) is 2.57. The Hall–Kier alpha value is -0.180. The molecule has 2 saturated carbocycles. The zero-order chi connectivity index (χ0) is 10.8. The number of rotatable bonds is 3. The van der Waals surface area contributed by atoms with Crippen LogP contribution in [0.4, 0.5) is 8.78 Å². The predicted molar refractivity (Wildman–Crippen MR) is 52.2 cm³/mol. The summed E-state index contributed by atoms with van der Waals surface area (Å²) in [6.07, 6.45) is 1.60. The van der Waals surface area contributed by atoms with Crippen molar-refractivity contribution in [3.8, 4) is 0 Å². The van der Waals surface area contributed by atoms with Gasteiger partial charge in [0.1, 0.15) is 0 Å². The molecule has 2 N–H and O–H groups in total. The monoisotopic (exact) mass is 203 g/mol. The molecule has 1 nitrogen and oxygen atoms in total. The molecule has 0 aromatic rings. The Bertz CT molecular complexity index is 262. The van der Waals surface area contributed by atoms with Gasteiger partial charge in [0, 0.05) is 17.9 Å². The quantitative estimate of drug-likeness (QED) is 0.750. The van der Waals surface area contributed by atoms with Crippen molar-refractivity contribution in [1.29, 1.82) is 0 Å². The van der Waals surface area contributed by atoms with Crippen LogP contribution in [0.2, 0.25) is 0 Å². The van der Waals surface area contributed by atoms with Gasteiger partial charge in [0.2, 0.25) is 0 Å². The third-order valence-corrected chi connectivity index (χ3v) is 4.16. The van der Waals surface area contributed by atoms with Crippen molar-refractivity contribution in [2.45, 2.75) is 52.0 Å². The van der Waals surface area contributed by atoms with Crippen LogP contribution in [0.1, 0.15) is 40.0 Å². The van der Waals surface area contributed by atoms with Gasteiger partial charge in [-0.05, 0) is 24.2 Å². The van der Waals surface area contributed by atoms with Crippen molar-refractivity contribution in [3.05, 3.63) is 0 Å². The second-order valence-corrected chi connectivity index (χ2v) is 6.11. The molecular formula is C11H19F2N. The molecule has 2 fully saturated rings. The SMILES string of the molecule is CC1(C)CC1C(N)CC1(C)CC1(F)F. The molecular weight excluding hydrogens is 184 g/mol. The van der Waals surface area contributed by atoms with Crippen molar-refractivity contribution >= 4 is 0 Å². The van der Waals surface area contributed by atoms with Gasteiger partial charge >= 0.3 is 0 Å². The van der Waals surface area contributed by atoms with Gasteiger partial charge < -0.3 is 5.73 Å². The smallest absolute Gasteiger partial charge is 0.254 e. The summed E-state index contributed by atoms with van der Waals surface area (Å²) in [5.41, 5.74) is 5.46. The van der Waals surface area contributed by atoms with Crippen LogP contribution in [-0.4, -0.2) is 12.0 Å². The first kappa shape index (κ1) is 10.3. The van der Waals surface area contributed by atoms with Gasteiger partial charge in [0.05, 0.1) is 0 Å². The number of halogens is 2. The van der Waals surface area contributed by atoms with Crippen molar-refractivity contribution in [1.82, 2.24) is 0 Å². The number of hydrogen-bond donors (Lipinski definition) is 1. The molecule has 0 bridgehead atoms. The molecule has 0 amide bonds. The van der Waals surface area contributed by atoms with Crippen LogP contribution in [0.15, 0.2) is 0 Å². The highest BCUT2D eigenvalue weighted by molar-refractivity contribution is 5.11. The van der Waals surface area contributed by atoms with E-state index in [1.807, 2.05) is 0 Å². The van der Waals surface area contributed by atoms with E-state index < -0.39 is 11.3 Å². The van der Waals surface area contributed by atoms with Crippen LogP contribution in [0, 0.1) is 16.7 Å². The number of nitrogens with two attached hydrogens (primary N) is 1. The summed E-state index contributed by atoms with van der Waals surface area (Å²) in [6, 6.07) is -0.0385. The van der Waals surface area contributed by atoms with E-state index in [2.05, 4.69) is 13.8 Å². The average Bonchev–Trinajstić information content (AvgIpc) is 2.70. The minimum Gasteiger partial charge on any atom is -0.327 e. The molecule has 0 aromatic carbocycles. The third-order valence-electron chi connectivity index (χ3n) is 4.16. The van der Waals surface area contributed by atoms with E-state index in [1.54, 1.807) is 6.92 Å². The molecule has 0 aromatic heterocycles. The molecule has 2 aliphatic carbocycles. The lowest BCUT2D eigenvalue weighted by atomic mass is 9.93. The standard InChI is InChI=1S/C11H19F2N/c1-9(2)4-7(9)8(14)5-10(3)6-11(10,12)13/h7-8H,4-6,14H2,1-3H3. The summed E-state index contributed by atoms with van der Waals surface area (Å²) < 4.78 is 25.9. The minimum absolute atomic E-state index is 0.0286. The zero-order valence-electron chi connectivity index (χ0n) is 9.11. The van der Waals surface area contributed by atoms with Gasteiger partial charge in [-0.1, -0.05) is 20.8 Å². The van der Waals surface area contributed by atoms with E-state index in [0.717, 1.165) is 6.42 Å². The highest BCUT2D eigenvalue weighted by Gasteiger charge is 2.68. The van der Waals surface area contributed by atoms with E-state index in [0.29, 0.717) is 17.8 Å². The van der Waals surface area contributed by atoms with E-state index in [1.165, 1.54) is 0 Å². The lowest BCUT2D eigenvalue weighted by Crippen LogP contribution is -2.29. The maximum atomic E-state index is 13.0. The highest BCUT2D eigenvalue weighted by atomic mass is 19.3. The third kappa shape index (κ3) is 1.46. The van der Waals surface area contributed by atoms with Crippen LogP contribution in [0.5, 0.6) is 0 Å². The fourth-order valence-electron chi connectivity index (χ4n) is 2.57. The minimum atomic E-state index is -2.45. The Morgan fingerprint density at radius 1 is 1.36 bits per heavy atom. The van der Waals surface area contributed by atoms with Crippen LogP contribution < -0.4 is 5.73 Å². The Morgan fingerprint density at radius 3 is 2.07 bits per heavy atom. The Balaban J connectivity index is 1.88. The molecule has 0 spiro atoms. The summed E-state index contributed by atoms with van der Waals surface area (Å²) in [7, 11) is 0. The van der Waals surface area contributed by atoms with Crippen LogP contribution in [0.3, 0.4) is 0 Å². The van der Waals surface area contributed by atoms with Crippen LogP contribution in [0.25, 0.3) is 0 Å². The summed E-state index contributed by atoms with van der Waals surface area (Å²) in [6.45, 7) is 5.97. The maximum absolute atomic E-state index is 13.0. The van der Waals surface area contributed by atoms with E-state index in [9.17, 15) is 8.78 Å². The van der Waals surface area contributed by atoms with Gasteiger partial charge in [0.25, 0.3) is 5.92 Å². The van der Waals surface area contributed by atoms with Crippen molar-refractivity contribution in [2.75, 3.05) is 0 Å². The molecule has 2 aliphatic rings. The van der Waals surface area contributed by atoms with Gasteiger partial charge in [-0.15, -0.1) is 0 Å². The summed E-state index contributed by atoms with van der Waals surface area (Å²) in [5, 5.41) is 0. The number of alkyl halides is 2.